The summed E-state index contributed by atoms with van der Waals surface area (Å²) in [6, 6.07) is 0. The summed E-state index contributed by atoms with van der Waals surface area (Å²) in [6.45, 7) is 8.26. The van der Waals surface area contributed by atoms with Crippen molar-refractivity contribution in [2.24, 2.45) is 16.7 Å². The molecule has 0 aliphatic heterocycles. The first-order valence-corrected chi connectivity index (χ1v) is 5.15. The molecule has 2 saturated carbocycles. The second-order valence-electron chi connectivity index (χ2n) is 5.79. The molecule has 0 aromatic carbocycles. The number of aliphatic hydroxyl groups excluding tert-OH is 1. The van der Waals surface area contributed by atoms with Gasteiger partial charge in [0, 0.05) is 5.41 Å². The van der Waals surface area contributed by atoms with E-state index in [0.717, 1.165) is 12.8 Å². The first-order chi connectivity index (χ1) is 5.75. The van der Waals surface area contributed by atoms with Crippen LogP contribution in [-0.4, -0.2) is 21.9 Å². The van der Waals surface area contributed by atoms with Gasteiger partial charge < -0.3 is 10.2 Å². The molecule has 76 valence electrons. The molecule has 0 saturated heterocycles. The maximum absolute atomic E-state index is 10.3. The molecule has 2 rings (SSSR count). The Morgan fingerprint density at radius 1 is 1.15 bits per heavy atom. The zero-order valence-electron chi connectivity index (χ0n) is 8.96. The molecule has 13 heavy (non-hydrogen) atoms. The third-order valence-corrected chi connectivity index (χ3v) is 5.38. The molecule has 4 atom stereocenters. The van der Waals surface area contributed by atoms with Gasteiger partial charge in [-0.1, -0.05) is 20.8 Å². The molecule has 2 bridgehead atoms. The zero-order valence-corrected chi connectivity index (χ0v) is 8.96. The van der Waals surface area contributed by atoms with Crippen molar-refractivity contribution < 1.29 is 10.2 Å². The van der Waals surface area contributed by atoms with Gasteiger partial charge in [-0.15, -0.1) is 0 Å². The lowest BCUT2D eigenvalue weighted by atomic mass is 9.65. The normalized spacial score (nSPS) is 58.6. The summed E-state index contributed by atoms with van der Waals surface area (Å²) in [7, 11) is 0. The highest BCUT2D eigenvalue weighted by molar-refractivity contribution is 5.20. The predicted octanol–water partition coefficient (Wildman–Crippen LogP) is 1.55. The van der Waals surface area contributed by atoms with Crippen molar-refractivity contribution in [2.45, 2.75) is 52.2 Å². The summed E-state index contributed by atoms with van der Waals surface area (Å²) >= 11 is 0. The van der Waals surface area contributed by atoms with Crippen LogP contribution in [0, 0.1) is 16.7 Å². The van der Waals surface area contributed by atoms with Gasteiger partial charge in [0.2, 0.25) is 0 Å². The monoisotopic (exact) mass is 184 g/mol. The van der Waals surface area contributed by atoms with Crippen LogP contribution in [0.4, 0.5) is 0 Å². The minimum atomic E-state index is -0.903. The van der Waals surface area contributed by atoms with Gasteiger partial charge in [-0.05, 0) is 31.1 Å². The van der Waals surface area contributed by atoms with Gasteiger partial charge in [-0.25, -0.2) is 0 Å². The zero-order chi connectivity index (χ0) is 10.1. The molecule has 0 aromatic rings. The third-order valence-electron chi connectivity index (χ3n) is 5.38. The first kappa shape index (κ1) is 9.47. The van der Waals surface area contributed by atoms with Crippen LogP contribution >= 0.6 is 0 Å². The number of hydrogen-bond acceptors (Lipinski definition) is 2. The SMILES string of the molecule is CC1(C)[C@@H]2CC[C@@]1(C)[C@@](C)(O)[C@@H]2O. The Kier molecular flexibility index (Phi) is 1.54. The molecule has 0 unspecified atom stereocenters. The van der Waals surface area contributed by atoms with Gasteiger partial charge in [-0.2, -0.15) is 0 Å². The summed E-state index contributed by atoms with van der Waals surface area (Å²) in [5.74, 6) is 0.271. The van der Waals surface area contributed by atoms with Crippen LogP contribution in [0.2, 0.25) is 0 Å². The van der Waals surface area contributed by atoms with Crippen molar-refractivity contribution in [3.63, 3.8) is 0 Å². The van der Waals surface area contributed by atoms with Gasteiger partial charge in [0.1, 0.15) is 0 Å². The fourth-order valence-electron chi connectivity index (χ4n) is 3.71. The maximum Gasteiger partial charge on any atom is 0.0938 e. The van der Waals surface area contributed by atoms with Gasteiger partial charge in [-0.3, -0.25) is 0 Å². The van der Waals surface area contributed by atoms with Gasteiger partial charge >= 0.3 is 0 Å². The van der Waals surface area contributed by atoms with Gasteiger partial charge in [0.15, 0.2) is 0 Å². The Morgan fingerprint density at radius 2 is 1.69 bits per heavy atom. The average Bonchev–Trinajstić information content (AvgIpc) is 2.26. The van der Waals surface area contributed by atoms with E-state index in [0.29, 0.717) is 0 Å². The number of aliphatic hydroxyl groups is 2. The van der Waals surface area contributed by atoms with Crippen LogP contribution in [0.15, 0.2) is 0 Å². The molecule has 0 radical (unpaired) electrons. The van der Waals surface area contributed by atoms with Crippen molar-refractivity contribution >= 4 is 0 Å². The van der Waals surface area contributed by atoms with Gasteiger partial charge in [0.05, 0.1) is 11.7 Å². The number of hydrogen-bond donors (Lipinski definition) is 2. The average molecular weight is 184 g/mol. The van der Waals surface area contributed by atoms with Crippen molar-refractivity contribution in [1.82, 2.24) is 0 Å². The summed E-state index contributed by atoms with van der Waals surface area (Å²) < 4.78 is 0. The Morgan fingerprint density at radius 3 is 1.92 bits per heavy atom. The fourth-order valence-corrected chi connectivity index (χ4v) is 3.71. The van der Waals surface area contributed by atoms with E-state index in [2.05, 4.69) is 20.8 Å². The minimum Gasteiger partial charge on any atom is -0.390 e. The quantitative estimate of drug-likeness (QED) is 0.599. The maximum atomic E-state index is 10.3. The molecule has 2 nitrogen and oxygen atoms in total. The Labute approximate surface area is 80.0 Å². The molecular formula is C11H20O2. The smallest absolute Gasteiger partial charge is 0.0938 e. The van der Waals surface area contributed by atoms with Crippen LogP contribution in [0.1, 0.15) is 40.5 Å². The highest BCUT2D eigenvalue weighted by Gasteiger charge is 2.71. The van der Waals surface area contributed by atoms with E-state index in [-0.39, 0.29) is 16.7 Å². The molecule has 0 spiro atoms. The Balaban J connectivity index is 2.53. The second kappa shape index (κ2) is 2.12. The molecule has 0 heterocycles. The van der Waals surface area contributed by atoms with E-state index in [1.807, 2.05) is 0 Å². The van der Waals surface area contributed by atoms with E-state index in [9.17, 15) is 10.2 Å². The van der Waals surface area contributed by atoms with E-state index in [4.69, 9.17) is 0 Å². The minimum absolute atomic E-state index is 0.0654. The largest absolute Gasteiger partial charge is 0.390 e. The van der Waals surface area contributed by atoms with Crippen LogP contribution in [0.3, 0.4) is 0 Å². The van der Waals surface area contributed by atoms with E-state index in [1.165, 1.54) is 0 Å². The lowest BCUT2D eigenvalue weighted by molar-refractivity contribution is -0.134. The first-order valence-electron chi connectivity index (χ1n) is 5.15. The van der Waals surface area contributed by atoms with Crippen molar-refractivity contribution in [2.75, 3.05) is 0 Å². The molecule has 2 aliphatic carbocycles. The molecule has 0 aromatic heterocycles. The molecule has 2 heteroatoms. The van der Waals surface area contributed by atoms with E-state index >= 15 is 0 Å². The van der Waals surface area contributed by atoms with Crippen LogP contribution < -0.4 is 0 Å². The summed E-state index contributed by atoms with van der Waals surface area (Å²) in [5, 5.41) is 20.3. The topological polar surface area (TPSA) is 40.5 Å². The molecular weight excluding hydrogens is 164 g/mol. The molecule has 2 N–H and O–H groups in total. The lowest BCUT2D eigenvalue weighted by Crippen LogP contribution is -2.51. The molecule has 0 amide bonds. The van der Waals surface area contributed by atoms with Gasteiger partial charge in [0.25, 0.3) is 0 Å². The molecule has 2 aliphatic rings. The highest BCUT2D eigenvalue weighted by Crippen LogP contribution is 2.69. The second-order valence-corrected chi connectivity index (χ2v) is 5.79. The number of rotatable bonds is 0. The lowest BCUT2D eigenvalue weighted by Gasteiger charge is -2.44. The van der Waals surface area contributed by atoms with Crippen molar-refractivity contribution in [3.8, 4) is 0 Å². The Bertz CT molecular complexity index is 234. The third kappa shape index (κ3) is 0.736. The van der Waals surface area contributed by atoms with Crippen molar-refractivity contribution in [3.05, 3.63) is 0 Å². The summed E-state index contributed by atoms with van der Waals surface area (Å²) in [5.41, 5.74) is -0.959. The van der Waals surface area contributed by atoms with Crippen LogP contribution in [0.5, 0.6) is 0 Å². The Hall–Kier alpha value is -0.0800. The van der Waals surface area contributed by atoms with Crippen LogP contribution in [-0.2, 0) is 0 Å². The summed E-state index contributed by atoms with van der Waals surface area (Å²) in [4.78, 5) is 0. The van der Waals surface area contributed by atoms with Crippen LogP contribution in [0.25, 0.3) is 0 Å². The molecule has 2 fully saturated rings. The standard InChI is InChI=1S/C11H20O2/c1-9(2)7-5-6-10(9,3)11(4,13)8(7)12/h7-8,12-13H,5-6H2,1-4H3/t7-,8-,10-,11+/m1/s1. The summed E-state index contributed by atoms with van der Waals surface area (Å²) in [6.07, 6.45) is 1.55. The highest BCUT2D eigenvalue weighted by atomic mass is 16.3. The number of fused-ring (bicyclic) bond motifs is 2. The van der Waals surface area contributed by atoms with E-state index < -0.39 is 11.7 Å². The fraction of sp³-hybridized carbons (Fsp3) is 1.00. The van der Waals surface area contributed by atoms with E-state index in [1.54, 1.807) is 6.92 Å². The predicted molar refractivity (Wildman–Crippen MR) is 51.2 cm³/mol. The van der Waals surface area contributed by atoms with Crippen molar-refractivity contribution in [1.29, 1.82) is 0 Å².